The summed E-state index contributed by atoms with van der Waals surface area (Å²) in [7, 11) is 1.84. The molecule has 0 bridgehead atoms. The van der Waals surface area contributed by atoms with E-state index in [4.69, 9.17) is 9.26 Å². The molecule has 0 aliphatic carbocycles. The number of esters is 1. The first-order valence-electron chi connectivity index (χ1n) is 5.35. The molecular weight excluding hydrogens is 206 g/mol. The van der Waals surface area contributed by atoms with Crippen molar-refractivity contribution in [1.29, 1.82) is 0 Å². The first kappa shape index (κ1) is 10.8. The molecule has 1 atom stereocenters. The second-order valence-corrected chi connectivity index (χ2v) is 3.79. The van der Waals surface area contributed by atoms with Crippen LogP contribution in [0.5, 0.6) is 0 Å². The molecule has 1 aromatic heterocycles. The molecule has 0 saturated heterocycles. The summed E-state index contributed by atoms with van der Waals surface area (Å²) in [6.45, 7) is 4.05. The van der Waals surface area contributed by atoms with E-state index in [-0.39, 0.29) is 11.9 Å². The van der Waals surface area contributed by atoms with E-state index in [0.717, 1.165) is 16.7 Å². The Bertz CT molecular complexity index is 509. The van der Waals surface area contributed by atoms with Crippen LogP contribution in [0.4, 0.5) is 0 Å². The van der Waals surface area contributed by atoms with E-state index in [9.17, 15) is 4.79 Å². The quantitative estimate of drug-likeness (QED) is 0.748. The fourth-order valence-corrected chi connectivity index (χ4v) is 1.69. The van der Waals surface area contributed by atoms with Gasteiger partial charge in [0, 0.05) is 7.05 Å². The van der Waals surface area contributed by atoms with Crippen LogP contribution in [0.25, 0.3) is 11.1 Å². The van der Waals surface area contributed by atoms with E-state index in [1.807, 2.05) is 32.2 Å². The van der Waals surface area contributed by atoms with Gasteiger partial charge >= 0.3 is 5.97 Å². The SMILES string of the molecule is CCOC(=O)C(C)c1ccc2c(c1)on2C. The number of hydrogen-bond donors (Lipinski definition) is 0. The molecule has 4 nitrogen and oxygen atoms in total. The molecule has 0 saturated carbocycles. The van der Waals surface area contributed by atoms with Crippen molar-refractivity contribution in [3.8, 4) is 0 Å². The highest BCUT2D eigenvalue weighted by molar-refractivity contribution is 5.81. The fraction of sp³-hybridized carbons (Fsp3) is 0.417. The summed E-state index contributed by atoms with van der Waals surface area (Å²) in [4.78, 5) is 11.5. The lowest BCUT2D eigenvalue weighted by Crippen LogP contribution is -2.13. The largest absolute Gasteiger partial charge is 0.466 e. The van der Waals surface area contributed by atoms with Gasteiger partial charge in [-0.25, -0.2) is 4.74 Å². The molecular formula is C12H15NO3. The Morgan fingerprint density at radius 3 is 2.88 bits per heavy atom. The molecule has 2 aromatic rings. The van der Waals surface area contributed by atoms with Crippen molar-refractivity contribution in [3.63, 3.8) is 0 Å². The van der Waals surface area contributed by atoms with Crippen LogP contribution in [0.1, 0.15) is 25.3 Å². The lowest BCUT2D eigenvalue weighted by atomic mass is 10.0. The van der Waals surface area contributed by atoms with Crippen molar-refractivity contribution in [1.82, 2.24) is 4.74 Å². The van der Waals surface area contributed by atoms with E-state index in [2.05, 4.69) is 0 Å². The number of rotatable bonds is 3. The maximum absolute atomic E-state index is 11.5. The van der Waals surface area contributed by atoms with Gasteiger partial charge in [0.25, 0.3) is 0 Å². The van der Waals surface area contributed by atoms with Crippen LogP contribution in [-0.4, -0.2) is 17.3 Å². The van der Waals surface area contributed by atoms with Gasteiger partial charge in [-0.15, -0.1) is 0 Å². The molecule has 1 unspecified atom stereocenters. The zero-order valence-electron chi connectivity index (χ0n) is 9.69. The average molecular weight is 221 g/mol. The molecule has 0 spiro atoms. The van der Waals surface area contributed by atoms with Crippen molar-refractivity contribution < 1.29 is 14.1 Å². The summed E-state index contributed by atoms with van der Waals surface area (Å²) in [5, 5.41) is 0. The lowest BCUT2D eigenvalue weighted by Gasteiger charge is -2.14. The van der Waals surface area contributed by atoms with Gasteiger partial charge in [-0.3, -0.25) is 4.79 Å². The zero-order chi connectivity index (χ0) is 11.7. The topological polar surface area (TPSA) is 44.4 Å². The van der Waals surface area contributed by atoms with Gasteiger partial charge in [-0.05, 0) is 31.5 Å². The maximum Gasteiger partial charge on any atom is 0.313 e. The van der Waals surface area contributed by atoms with E-state index < -0.39 is 0 Å². The van der Waals surface area contributed by atoms with Crippen LogP contribution < -0.4 is 0 Å². The molecule has 4 heteroatoms. The second-order valence-electron chi connectivity index (χ2n) is 3.79. The molecule has 0 N–H and O–H groups in total. The fourth-order valence-electron chi connectivity index (χ4n) is 1.69. The Morgan fingerprint density at radius 1 is 1.56 bits per heavy atom. The van der Waals surface area contributed by atoms with Crippen molar-refractivity contribution in [2.24, 2.45) is 7.05 Å². The minimum Gasteiger partial charge on any atom is -0.466 e. The van der Waals surface area contributed by atoms with Gasteiger partial charge in [0.2, 0.25) is 0 Å². The van der Waals surface area contributed by atoms with Crippen LogP contribution in [0, 0.1) is 0 Å². The summed E-state index contributed by atoms with van der Waals surface area (Å²) in [6, 6.07) is 5.76. The van der Waals surface area contributed by atoms with Crippen molar-refractivity contribution in [3.05, 3.63) is 23.8 Å². The van der Waals surface area contributed by atoms with E-state index in [1.54, 1.807) is 11.7 Å². The lowest BCUT2D eigenvalue weighted by molar-refractivity contribution is -0.144. The summed E-state index contributed by atoms with van der Waals surface area (Å²) >= 11 is 0. The molecule has 0 amide bonds. The highest BCUT2D eigenvalue weighted by Gasteiger charge is 2.18. The monoisotopic (exact) mass is 221 g/mol. The first-order valence-corrected chi connectivity index (χ1v) is 5.35. The Morgan fingerprint density at radius 2 is 2.31 bits per heavy atom. The molecule has 2 rings (SSSR count). The number of hydrogen-bond acceptors (Lipinski definition) is 3. The summed E-state index contributed by atoms with van der Waals surface area (Å²) in [5.41, 5.74) is 2.78. The number of nitrogens with zero attached hydrogens (tertiary/aromatic N) is 1. The third-order valence-electron chi connectivity index (χ3n) is 2.70. The van der Waals surface area contributed by atoms with Crippen molar-refractivity contribution >= 4 is 17.1 Å². The molecule has 0 aliphatic heterocycles. The third kappa shape index (κ3) is 1.71. The maximum atomic E-state index is 11.5. The molecule has 1 heterocycles. The van der Waals surface area contributed by atoms with Gasteiger partial charge in [0.1, 0.15) is 5.52 Å². The number of carbonyl (C=O) groups excluding carboxylic acids is 1. The van der Waals surface area contributed by atoms with Crippen LogP contribution in [-0.2, 0) is 16.6 Å². The molecule has 0 fully saturated rings. The Kier molecular flexibility index (Phi) is 2.73. The number of benzene rings is 1. The minimum atomic E-state index is -0.250. The van der Waals surface area contributed by atoms with Crippen molar-refractivity contribution in [2.45, 2.75) is 19.8 Å². The molecule has 16 heavy (non-hydrogen) atoms. The predicted octanol–water partition coefficient (Wildman–Crippen LogP) is 2.44. The predicted molar refractivity (Wildman–Crippen MR) is 60.2 cm³/mol. The smallest absolute Gasteiger partial charge is 0.313 e. The second kappa shape index (κ2) is 4.04. The van der Waals surface area contributed by atoms with Gasteiger partial charge in [-0.2, -0.15) is 0 Å². The van der Waals surface area contributed by atoms with Crippen LogP contribution >= 0.6 is 0 Å². The normalized spacial score (nSPS) is 12.9. The summed E-state index contributed by atoms with van der Waals surface area (Å²) < 4.78 is 12.0. The standard InChI is InChI=1S/C12H15NO3/c1-4-15-12(14)8(2)9-5-6-10-11(7-9)16-13(10)3/h5-8H,4H2,1-3H3. The van der Waals surface area contributed by atoms with Gasteiger partial charge in [-0.1, -0.05) is 6.07 Å². The third-order valence-corrected chi connectivity index (χ3v) is 2.70. The highest BCUT2D eigenvalue weighted by atomic mass is 16.5. The van der Waals surface area contributed by atoms with Crippen LogP contribution in [0.2, 0.25) is 0 Å². The van der Waals surface area contributed by atoms with E-state index in [1.165, 1.54) is 0 Å². The number of aryl methyl sites for hydroxylation is 1. The average Bonchev–Trinajstić information content (AvgIpc) is 2.26. The van der Waals surface area contributed by atoms with Gasteiger partial charge < -0.3 is 9.26 Å². The summed E-state index contributed by atoms with van der Waals surface area (Å²) in [5.74, 6) is -0.449. The zero-order valence-corrected chi connectivity index (χ0v) is 9.69. The minimum absolute atomic E-state index is 0.199. The van der Waals surface area contributed by atoms with Gasteiger partial charge in [0.05, 0.1) is 12.5 Å². The van der Waals surface area contributed by atoms with E-state index in [0.29, 0.717) is 6.61 Å². The van der Waals surface area contributed by atoms with Crippen LogP contribution in [0.3, 0.4) is 0 Å². The molecule has 86 valence electrons. The Hall–Kier alpha value is -1.71. The number of fused-ring (bicyclic) bond motifs is 1. The van der Waals surface area contributed by atoms with E-state index >= 15 is 0 Å². The van der Waals surface area contributed by atoms with Crippen LogP contribution in [0.15, 0.2) is 22.7 Å². The number of aromatic nitrogens is 1. The number of ether oxygens (including phenoxy) is 1. The molecule has 1 aromatic carbocycles. The molecule has 0 radical (unpaired) electrons. The number of carbonyl (C=O) groups is 1. The first-order chi connectivity index (χ1) is 7.63. The van der Waals surface area contributed by atoms with Crippen molar-refractivity contribution in [2.75, 3.05) is 6.61 Å². The summed E-state index contributed by atoms with van der Waals surface area (Å²) in [6.07, 6.45) is 0. The van der Waals surface area contributed by atoms with Gasteiger partial charge in [0.15, 0.2) is 5.58 Å². The Balaban J connectivity index is 2.23. The Labute approximate surface area is 93.7 Å². The molecule has 0 aliphatic rings. The highest BCUT2D eigenvalue weighted by Crippen LogP contribution is 2.24.